The Balaban J connectivity index is 3.60. The van der Waals surface area contributed by atoms with Crippen LogP contribution in [-0.4, -0.2) is 76.7 Å². The molecular weight excluding hydrogens is 568 g/mol. The van der Waals surface area contributed by atoms with Crippen LogP contribution in [0.3, 0.4) is 0 Å². The van der Waals surface area contributed by atoms with Crippen LogP contribution in [0.5, 0.6) is 5.75 Å². The Morgan fingerprint density at radius 2 is 1.23 bits per heavy atom. The van der Waals surface area contributed by atoms with Crippen molar-refractivity contribution in [3.63, 3.8) is 0 Å². The van der Waals surface area contributed by atoms with Crippen molar-refractivity contribution in [3.8, 4) is 5.75 Å². The number of carbonyl (C=O) groups excluding carboxylic acids is 1. The monoisotopic (exact) mass is 626 g/mol. The van der Waals surface area contributed by atoms with Gasteiger partial charge in [0.1, 0.15) is 11.9 Å². The van der Waals surface area contributed by atoms with E-state index < -0.39 is 29.6 Å². The van der Waals surface area contributed by atoms with Gasteiger partial charge < -0.3 is 42.6 Å². The lowest BCUT2D eigenvalue weighted by molar-refractivity contribution is -0.442. The molecule has 0 aliphatic carbocycles. The van der Waals surface area contributed by atoms with Gasteiger partial charge in [-0.2, -0.15) is 0 Å². The Kier molecular flexibility index (Phi) is 19.9. The molecule has 0 fully saturated rings. The number of carbonyl (C=O) groups is 1. The molecule has 0 aliphatic rings. The van der Waals surface area contributed by atoms with Crippen LogP contribution in [0.2, 0.25) is 0 Å². The number of esters is 1. The van der Waals surface area contributed by atoms with E-state index in [1.807, 2.05) is 61.5 Å². The third-order valence-corrected chi connectivity index (χ3v) is 6.82. The largest absolute Gasteiger partial charge is 0.423 e. The highest BCUT2D eigenvalue weighted by Gasteiger charge is 2.63. The molecule has 0 N–H and O–H groups in total. The summed E-state index contributed by atoms with van der Waals surface area (Å²) in [6.45, 7) is 21.7. The molecule has 1 unspecified atom stereocenters. The minimum Gasteiger partial charge on any atom is -0.423 e. The third kappa shape index (κ3) is 10.6. The van der Waals surface area contributed by atoms with Gasteiger partial charge in [-0.3, -0.25) is 0 Å². The number of rotatable bonds is 27. The van der Waals surface area contributed by atoms with Gasteiger partial charge in [0.2, 0.25) is 0 Å². The molecule has 10 nitrogen and oxygen atoms in total. The molecule has 1 aromatic rings. The first-order valence-corrected chi connectivity index (χ1v) is 16.3. The molecule has 0 heterocycles. The van der Waals surface area contributed by atoms with Gasteiger partial charge >= 0.3 is 5.97 Å². The minimum absolute atomic E-state index is 0.248. The van der Waals surface area contributed by atoms with E-state index in [4.69, 9.17) is 42.6 Å². The second kappa shape index (κ2) is 21.8. The first-order valence-electron chi connectivity index (χ1n) is 16.3. The Labute approximate surface area is 265 Å². The van der Waals surface area contributed by atoms with Crippen LogP contribution in [0.25, 0.3) is 0 Å². The first kappa shape index (κ1) is 40.1. The summed E-state index contributed by atoms with van der Waals surface area (Å²) in [7, 11) is 0. The Morgan fingerprint density at radius 1 is 0.705 bits per heavy atom. The SMILES string of the molecule is C=CC(=O)Oc1ccccc1C(OCC)(OCC)C(OCC)(OCC)C(CCCCCC(OCC)(OCC)OCC)OCC. The van der Waals surface area contributed by atoms with E-state index in [0.717, 1.165) is 25.3 Å². The summed E-state index contributed by atoms with van der Waals surface area (Å²) in [5.74, 6) is -4.64. The summed E-state index contributed by atoms with van der Waals surface area (Å²) in [6, 6.07) is 7.08. The van der Waals surface area contributed by atoms with Gasteiger partial charge in [-0.05, 0) is 80.4 Å². The number of hydrogen-bond acceptors (Lipinski definition) is 10. The lowest BCUT2D eigenvalue weighted by Crippen LogP contribution is -2.65. The van der Waals surface area contributed by atoms with Gasteiger partial charge in [0.25, 0.3) is 17.5 Å². The van der Waals surface area contributed by atoms with Crippen molar-refractivity contribution in [3.05, 3.63) is 42.5 Å². The Morgan fingerprint density at radius 3 is 1.70 bits per heavy atom. The van der Waals surface area contributed by atoms with Gasteiger partial charge in [-0.15, -0.1) is 0 Å². The second-order valence-electron chi connectivity index (χ2n) is 9.66. The second-order valence-corrected chi connectivity index (χ2v) is 9.66. The van der Waals surface area contributed by atoms with Gasteiger partial charge in [0, 0.05) is 65.4 Å². The fourth-order valence-corrected chi connectivity index (χ4v) is 5.46. The standard InChI is InChI=1S/C34H58O10/c1-10-31(35)44-29-25-22-21-24-28(29)33(40-15-6,41-16-7)34(42-17-8,43-18-9)30(36-11-2)26-20-19-23-27-32(37-12-3,38-13-4)39-14-5/h10,21-22,24-25,30H,1,11-20,23,26-27H2,2-9H3. The maximum absolute atomic E-state index is 12.4. The van der Waals surface area contributed by atoms with Crippen LogP contribution in [0.1, 0.15) is 93.1 Å². The summed E-state index contributed by atoms with van der Waals surface area (Å²) in [4.78, 5) is 12.4. The quantitative estimate of drug-likeness (QED) is 0.0337. The van der Waals surface area contributed by atoms with Gasteiger partial charge in [-0.1, -0.05) is 31.6 Å². The predicted molar refractivity (Wildman–Crippen MR) is 169 cm³/mol. The van der Waals surface area contributed by atoms with E-state index in [9.17, 15) is 4.79 Å². The lowest BCUT2D eigenvalue weighted by atomic mass is 9.87. The number of benzene rings is 1. The minimum atomic E-state index is -1.66. The van der Waals surface area contributed by atoms with Crippen molar-refractivity contribution in [2.75, 3.05) is 52.9 Å². The molecule has 0 bridgehead atoms. The highest BCUT2D eigenvalue weighted by molar-refractivity contribution is 5.83. The molecule has 0 aromatic heterocycles. The zero-order valence-electron chi connectivity index (χ0n) is 28.4. The molecule has 10 heteroatoms. The van der Waals surface area contributed by atoms with Crippen molar-refractivity contribution < 1.29 is 47.4 Å². The van der Waals surface area contributed by atoms with Crippen LogP contribution in [0, 0.1) is 0 Å². The van der Waals surface area contributed by atoms with Crippen molar-refractivity contribution in [2.45, 2.75) is 111 Å². The number of ether oxygens (including phenoxy) is 9. The number of unbranched alkanes of at least 4 members (excludes halogenated alkanes) is 2. The Bertz CT molecular complexity index is 892. The molecule has 0 saturated heterocycles. The molecule has 44 heavy (non-hydrogen) atoms. The summed E-state index contributed by atoms with van der Waals surface area (Å²) < 4.78 is 56.1. The van der Waals surface area contributed by atoms with Crippen molar-refractivity contribution in [1.82, 2.24) is 0 Å². The van der Waals surface area contributed by atoms with E-state index in [-0.39, 0.29) is 32.2 Å². The summed E-state index contributed by atoms with van der Waals surface area (Å²) >= 11 is 0. The van der Waals surface area contributed by atoms with Crippen LogP contribution in [0.4, 0.5) is 0 Å². The molecule has 0 aliphatic heterocycles. The molecular formula is C34H58O10. The smallest absolute Gasteiger partial charge is 0.335 e. The summed E-state index contributed by atoms with van der Waals surface area (Å²) in [6.07, 6.45) is 4.06. The first-order chi connectivity index (χ1) is 21.3. The van der Waals surface area contributed by atoms with Crippen LogP contribution in [0.15, 0.2) is 36.9 Å². The fraction of sp³-hybridized carbons (Fsp3) is 0.735. The maximum atomic E-state index is 12.4. The zero-order chi connectivity index (χ0) is 32.9. The summed E-state index contributed by atoms with van der Waals surface area (Å²) in [5, 5.41) is 0. The van der Waals surface area contributed by atoms with Crippen molar-refractivity contribution in [1.29, 1.82) is 0 Å². The third-order valence-electron chi connectivity index (χ3n) is 6.82. The average Bonchev–Trinajstić information content (AvgIpc) is 3.00. The van der Waals surface area contributed by atoms with Crippen LogP contribution in [-0.2, 0) is 48.5 Å². The highest BCUT2D eigenvalue weighted by atomic mass is 16.9. The molecule has 254 valence electrons. The van der Waals surface area contributed by atoms with E-state index in [1.165, 1.54) is 0 Å². The maximum Gasteiger partial charge on any atom is 0.335 e. The van der Waals surface area contributed by atoms with E-state index in [2.05, 4.69) is 6.58 Å². The summed E-state index contributed by atoms with van der Waals surface area (Å²) in [5.41, 5.74) is 0.445. The highest BCUT2D eigenvalue weighted by Crippen LogP contribution is 2.49. The molecule has 0 saturated carbocycles. The van der Waals surface area contributed by atoms with Gasteiger partial charge in [0.05, 0.1) is 5.56 Å². The topological polar surface area (TPSA) is 100 Å². The molecule has 0 spiro atoms. The lowest BCUT2D eigenvalue weighted by Gasteiger charge is -2.51. The van der Waals surface area contributed by atoms with Crippen molar-refractivity contribution in [2.24, 2.45) is 0 Å². The predicted octanol–water partition coefficient (Wildman–Crippen LogP) is 6.89. The van der Waals surface area contributed by atoms with Crippen molar-refractivity contribution >= 4 is 5.97 Å². The Hall–Kier alpha value is -1.89. The number of para-hydroxylation sites is 1. The number of hydrogen-bond donors (Lipinski definition) is 0. The molecule has 1 aromatic carbocycles. The van der Waals surface area contributed by atoms with E-state index in [0.29, 0.717) is 44.8 Å². The van der Waals surface area contributed by atoms with Gasteiger partial charge in [0.15, 0.2) is 0 Å². The van der Waals surface area contributed by atoms with Crippen LogP contribution < -0.4 is 4.74 Å². The average molecular weight is 627 g/mol. The van der Waals surface area contributed by atoms with E-state index >= 15 is 0 Å². The molecule has 1 rings (SSSR count). The van der Waals surface area contributed by atoms with Crippen LogP contribution >= 0.6 is 0 Å². The van der Waals surface area contributed by atoms with Gasteiger partial charge in [-0.25, -0.2) is 4.79 Å². The zero-order valence-corrected chi connectivity index (χ0v) is 28.4. The molecule has 1 atom stereocenters. The molecule has 0 amide bonds. The normalized spacial score (nSPS) is 13.2. The molecule has 0 radical (unpaired) electrons. The fourth-order valence-electron chi connectivity index (χ4n) is 5.46. The van der Waals surface area contributed by atoms with E-state index in [1.54, 1.807) is 18.2 Å².